The van der Waals surface area contributed by atoms with Crippen molar-refractivity contribution in [1.82, 2.24) is 19.0 Å². The fourth-order valence-corrected chi connectivity index (χ4v) is 5.54. The topological polar surface area (TPSA) is 75.5 Å². The van der Waals surface area contributed by atoms with Gasteiger partial charge in [0.05, 0.1) is 16.8 Å². The molecule has 1 unspecified atom stereocenters. The Morgan fingerprint density at radius 1 is 1.13 bits per heavy atom. The number of sulfonamides is 1. The molecule has 0 spiro atoms. The highest BCUT2D eigenvalue weighted by molar-refractivity contribution is 7.89. The summed E-state index contributed by atoms with van der Waals surface area (Å²) in [5, 5.41) is 4.37. The molecule has 162 valence electrons. The molecule has 0 radical (unpaired) electrons. The molecule has 0 N–H and O–H groups in total. The van der Waals surface area contributed by atoms with Crippen molar-refractivity contribution in [3.8, 4) is 5.69 Å². The van der Waals surface area contributed by atoms with Crippen LogP contribution in [0.2, 0.25) is 0 Å². The van der Waals surface area contributed by atoms with E-state index in [0.29, 0.717) is 25.9 Å². The van der Waals surface area contributed by atoms with Crippen molar-refractivity contribution < 1.29 is 13.2 Å². The number of carbonyl (C=O) groups is 1. The Hall–Kier alpha value is -2.97. The monoisotopic (exact) mass is 438 g/mol. The highest BCUT2D eigenvalue weighted by Crippen LogP contribution is 2.27. The molecule has 1 aromatic heterocycles. The number of para-hydroxylation sites is 1. The molecule has 0 aliphatic carbocycles. The van der Waals surface area contributed by atoms with Gasteiger partial charge in [-0.1, -0.05) is 35.9 Å². The summed E-state index contributed by atoms with van der Waals surface area (Å²) in [5.74, 6) is -0.194. The van der Waals surface area contributed by atoms with Crippen LogP contribution in [0.3, 0.4) is 0 Å². The lowest BCUT2D eigenvalue weighted by Gasteiger charge is -2.27. The molecule has 2 aromatic carbocycles. The van der Waals surface area contributed by atoms with Crippen LogP contribution in [-0.2, 0) is 21.4 Å². The molecule has 0 bridgehead atoms. The zero-order valence-corrected chi connectivity index (χ0v) is 18.5. The van der Waals surface area contributed by atoms with Gasteiger partial charge in [-0.3, -0.25) is 4.79 Å². The number of benzene rings is 2. The van der Waals surface area contributed by atoms with Gasteiger partial charge in [-0.25, -0.2) is 13.1 Å². The first-order valence-electron chi connectivity index (χ1n) is 10.3. The summed E-state index contributed by atoms with van der Waals surface area (Å²) in [6.07, 6.45) is 4.81. The van der Waals surface area contributed by atoms with Crippen molar-refractivity contribution in [2.24, 2.45) is 0 Å². The summed E-state index contributed by atoms with van der Waals surface area (Å²) in [6, 6.07) is 15.8. The Morgan fingerprint density at radius 3 is 2.55 bits per heavy atom. The van der Waals surface area contributed by atoms with Crippen molar-refractivity contribution in [2.45, 2.75) is 37.2 Å². The van der Waals surface area contributed by atoms with Crippen molar-refractivity contribution >= 4 is 15.9 Å². The molecule has 1 aliphatic heterocycles. The minimum absolute atomic E-state index is 0.194. The number of carbonyl (C=O) groups excluding carboxylic acids is 1. The van der Waals surface area contributed by atoms with Crippen molar-refractivity contribution in [3.63, 3.8) is 0 Å². The summed E-state index contributed by atoms with van der Waals surface area (Å²) in [6.45, 7) is 2.63. The van der Waals surface area contributed by atoms with Gasteiger partial charge < -0.3 is 4.90 Å². The van der Waals surface area contributed by atoms with Crippen molar-refractivity contribution in [2.75, 3.05) is 13.6 Å². The Morgan fingerprint density at radius 2 is 1.84 bits per heavy atom. The van der Waals surface area contributed by atoms with Crippen LogP contribution in [-0.4, -0.2) is 52.9 Å². The van der Waals surface area contributed by atoms with Crippen LogP contribution in [0, 0.1) is 6.92 Å². The van der Waals surface area contributed by atoms with Crippen LogP contribution >= 0.6 is 0 Å². The van der Waals surface area contributed by atoms with Gasteiger partial charge in [-0.2, -0.15) is 9.40 Å². The predicted octanol–water partition coefficient (Wildman–Crippen LogP) is 2.99. The Kier molecular flexibility index (Phi) is 5.93. The fraction of sp³-hybridized carbons (Fsp3) is 0.304. The quantitative estimate of drug-likeness (QED) is 0.593. The second-order valence-corrected chi connectivity index (χ2v) is 9.80. The van der Waals surface area contributed by atoms with Gasteiger partial charge in [-0.15, -0.1) is 0 Å². The van der Waals surface area contributed by atoms with E-state index < -0.39 is 16.1 Å². The molecular formula is C23H26N4O3S. The van der Waals surface area contributed by atoms with Crippen LogP contribution in [0.15, 0.2) is 71.9 Å². The molecule has 1 fully saturated rings. The van der Waals surface area contributed by atoms with Gasteiger partial charge in [0.1, 0.15) is 6.04 Å². The van der Waals surface area contributed by atoms with Crippen molar-refractivity contribution in [1.29, 1.82) is 0 Å². The third-order valence-corrected chi connectivity index (χ3v) is 7.49. The predicted molar refractivity (Wildman–Crippen MR) is 118 cm³/mol. The largest absolute Gasteiger partial charge is 0.340 e. The van der Waals surface area contributed by atoms with Gasteiger partial charge in [0, 0.05) is 31.9 Å². The number of nitrogens with zero attached hydrogens (tertiary/aromatic N) is 4. The second kappa shape index (κ2) is 8.64. The average molecular weight is 439 g/mol. The Labute approximate surface area is 183 Å². The van der Waals surface area contributed by atoms with Crippen LogP contribution in [0.1, 0.15) is 24.0 Å². The highest BCUT2D eigenvalue weighted by atomic mass is 32.2. The van der Waals surface area contributed by atoms with E-state index in [1.807, 2.05) is 43.5 Å². The SMILES string of the molecule is Cc1ccc(S(=O)(=O)N2CCCC2C(=O)N(C)Cc2cnn(-c3ccccc3)c2)cc1. The van der Waals surface area contributed by atoms with E-state index in [1.165, 1.54) is 4.31 Å². The third kappa shape index (κ3) is 4.40. The molecule has 3 aromatic rings. The molecule has 8 heteroatoms. The van der Waals surface area contributed by atoms with E-state index in [1.54, 1.807) is 47.1 Å². The van der Waals surface area contributed by atoms with E-state index in [-0.39, 0.29) is 10.8 Å². The molecule has 31 heavy (non-hydrogen) atoms. The Bertz CT molecular complexity index is 1160. The maximum atomic E-state index is 13.2. The molecule has 1 amide bonds. The third-order valence-electron chi connectivity index (χ3n) is 5.57. The van der Waals surface area contributed by atoms with E-state index in [9.17, 15) is 13.2 Å². The number of aryl methyl sites for hydroxylation is 1. The van der Waals surface area contributed by atoms with Crippen LogP contribution in [0.25, 0.3) is 5.69 Å². The summed E-state index contributed by atoms with van der Waals surface area (Å²) >= 11 is 0. The second-order valence-electron chi connectivity index (χ2n) is 7.91. The smallest absolute Gasteiger partial charge is 0.243 e. The first kappa shape index (κ1) is 21.3. The van der Waals surface area contributed by atoms with Crippen LogP contribution in [0.5, 0.6) is 0 Å². The maximum Gasteiger partial charge on any atom is 0.243 e. The maximum absolute atomic E-state index is 13.2. The van der Waals surface area contributed by atoms with Gasteiger partial charge in [0.2, 0.25) is 15.9 Å². The Balaban J connectivity index is 1.48. The minimum atomic E-state index is -3.72. The van der Waals surface area contributed by atoms with Gasteiger partial charge in [0.15, 0.2) is 0 Å². The minimum Gasteiger partial charge on any atom is -0.340 e. The summed E-state index contributed by atoms with van der Waals surface area (Å²) < 4.78 is 29.4. The molecular weight excluding hydrogens is 412 g/mol. The van der Waals surface area contributed by atoms with E-state index in [4.69, 9.17) is 0 Å². The summed E-state index contributed by atoms with van der Waals surface area (Å²) in [4.78, 5) is 15.0. The summed E-state index contributed by atoms with van der Waals surface area (Å²) in [7, 11) is -2.01. The highest BCUT2D eigenvalue weighted by Gasteiger charge is 2.40. The number of aromatic nitrogens is 2. The van der Waals surface area contributed by atoms with E-state index >= 15 is 0 Å². The molecule has 4 rings (SSSR count). The molecule has 1 saturated heterocycles. The van der Waals surface area contributed by atoms with E-state index in [2.05, 4.69) is 5.10 Å². The molecule has 1 atom stereocenters. The number of likely N-dealkylation sites (N-methyl/N-ethyl adjacent to an activating group) is 1. The zero-order valence-electron chi connectivity index (χ0n) is 17.7. The van der Waals surface area contributed by atoms with Gasteiger partial charge in [0.25, 0.3) is 0 Å². The number of rotatable bonds is 6. The number of hydrogen-bond donors (Lipinski definition) is 0. The zero-order chi connectivity index (χ0) is 22.0. The number of amides is 1. The molecule has 1 aliphatic rings. The lowest BCUT2D eigenvalue weighted by molar-refractivity contribution is -0.133. The normalized spacial score (nSPS) is 17.0. The molecule has 2 heterocycles. The summed E-state index contributed by atoms with van der Waals surface area (Å²) in [5.41, 5.74) is 2.81. The standard InChI is InChI=1S/C23H26N4O3S/c1-18-10-12-21(13-11-18)31(29,30)27-14-6-9-22(27)23(28)25(2)16-19-15-24-26(17-19)20-7-4-3-5-8-20/h3-5,7-8,10-13,15,17,22H,6,9,14,16H2,1-2H3. The lowest BCUT2D eigenvalue weighted by Crippen LogP contribution is -2.46. The average Bonchev–Trinajstić information content (AvgIpc) is 3.44. The van der Waals surface area contributed by atoms with Gasteiger partial charge in [-0.05, 0) is 44.0 Å². The van der Waals surface area contributed by atoms with Crippen LogP contribution < -0.4 is 0 Å². The van der Waals surface area contributed by atoms with Crippen LogP contribution in [0.4, 0.5) is 0 Å². The first-order chi connectivity index (χ1) is 14.9. The number of hydrogen-bond acceptors (Lipinski definition) is 4. The molecule has 0 saturated carbocycles. The lowest BCUT2D eigenvalue weighted by atomic mass is 10.2. The fourth-order valence-electron chi connectivity index (χ4n) is 3.89. The molecule has 7 nitrogen and oxygen atoms in total. The van der Waals surface area contributed by atoms with Gasteiger partial charge >= 0.3 is 0 Å². The van der Waals surface area contributed by atoms with E-state index in [0.717, 1.165) is 16.8 Å². The first-order valence-corrected chi connectivity index (χ1v) is 11.7. The van der Waals surface area contributed by atoms with Crippen molar-refractivity contribution in [3.05, 3.63) is 78.1 Å².